The maximum absolute atomic E-state index is 15.3. The second-order valence-electron chi connectivity index (χ2n) is 10.8. The second-order valence-corrected chi connectivity index (χ2v) is 10.8. The lowest BCUT2D eigenvalue weighted by molar-refractivity contribution is -0.786. The Kier molecular flexibility index (Phi) is 10.7. The molecule has 5 rings (SSSR count). The van der Waals surface area contributed by atoms with Gasteiger partial charge in [0.25, 0.3) is 0 Å². The molecule has 0 heterocycles. The van der Waals surface area contributed by atoms with Gasteiger partial charge in [-0.25, -0.2) is 70.2 Å². The van der Waals surface area contributed by atoms with Gasteiger partial charge in [-0.1, -0.05) is 18.2 Å². The quantitative estimate of drug-likeness (QED) is 0.134. The first-order valence-electron chi connectivity index (χ1n) is 13.6. The van der Waals surface area contributed by atoms with E-state index < -0.39 is 145 Å². The maximum Gasteiger partial charge on any atom is 0.158 e. The third-order valence-corrected chi connectivity index (χ3v) is 7.67. The van der Waals surface area contributed by atoms with Crippen molar-refractivity contribution in [3.8, 4) is 0 Å². The predicted octanol–water partition coefficient (Wildman–Crippen LogP) is 5.75. The van der Waals surface area contributed by atoms with Crippen molar-refractivity contribution in [1.82, 2.24) is 0 Å². The van der Waals surface area contributed by atoms with Crippen LogP contribution >= 0.6 is 0 Å². The number of nitrogens with one attached hydrogen (secondary N) is 1. The monoisotopic (exact) mass is 729 g/mol. The lowest BCUT2D eigenvalue weighted by Crippen LogP contribution is -3.00. The largest absolute Gasteiger partial charge is 0.307 e. The zero-order chi connectivity index (χ0) is 37.6. The fourth-order valence-corrected chi connectivity index (χ4v) is 5.52. The summed E-state index contributed by atoms with van der Waals surface area (Å²) < 4.78 is 238. The molecule has 0 saturated carbocycles. The molecule has 5 aromatic carbocycles. The van der Waals surface area contributed by atoms with Crippen molar-refractivity contribution >= 4 is 33.7 Å². The van der Waals surface area contributed by atoms with E-state index >= 15 is 35.1 Å². The average Bonchev–Trinajstić information content (AvgIpc) is 3.05. The second kappa shape index (κ2) is 14.1. The summed E-state index contributed by atoms with van der Waals surface area (Å²) in [4.78, 5) is 1.37. The molecular formula is C32H16BF16N. The fourth-order valence-electron chi connectivity index (χ4n) is 5.52. The van der Waals surface area contributed by atoms with Crippen molar-refractivity contribution in [2.75, 3.05) is 14.1 Å². The summed E-state index contributed by atoms with van der Waals surface area (Å²) in [6.45, 7) is 0. The summed E-state index contributed by atoms with van der Waals surface area (Å²) >= 11 is 0. The number of rotatable bonds is 5. The molecule has 5 aromatic rings. The Morgan fingerprint density at radius 1 is 0.340 bits per heavy atom. The Hall–Kier alpha value is -5.00. The van der Waals surface area contributed by atoms with Crippen LogP contribution in [0.2, 0.25) is 0 Å². The molecule has 0 aliphatic rings. The number of halogens is 16. The van der Waals surface area contributed by atoms with Crippen molar-refractivity contribution in [3.05, 3.63) is 148 Å². The van der Waals surface area contributed by atoms with Crippen LogP contribution in [0.25, 0.3) is 0 Å². The summed E-state index contributed by atoms with van der Waals surface area (Å²) in [6.07, 6.45) is -6.49. The van der Waals surface area contributed by atoms with Gasteiger partial charge in [-0.05, 0) is 12.1 Å². The molecule has 0 aliphatic carbocycles. The highest BCUT2D eigenvalue weighted by Crippen LogP contribution is 2.27. The Bertz CT molecular complexity index is 1760. The lowest BCUT2D eigenvalue weighted by Gasteiger charge is -2.44. The van der Waals surface area contributed by atoms with Gasteiger partial charge < -0.3 is 4.90 Å². The molecule has 1 nitrogen and oxygen atoms in total. The van der Waals surface area contributed by atoms with Gasteiger partial charge in [-0.15, -0.1) is 21.9 Å². The maximum atomic E-state index is 15.3. The summed E-state index contributed by atoms with van der Waals surface area (Å²) in [5.74, 6) is -46.2. The number of quaternary nitrogens is 1. The Morgan fingerprint density at radius 3 is 0.700 bits per heavy atom. The molecule has 0 amide bonds. The van der Waals surface area contributed by atoms with Crippen molar-refractivity contribution < 1.29 is 75.1 Å². The van der Waals surface area contributed by atoms with Crippen LogP contribution < -0.4 is 26.8 Å². The molecule has 264 valence electrons. The molecule has 0 fully saturated rings. The van der Waals surface area contributed by atoms with E-state index in [0.717, 1.165) is 0 Å². The van der Waals surface area contributed by atoms with Crippen LogP contribution in [0.1, 0.15) is 0 Å². The average molecular weight is 729 g/mol. The van der Waals surface area contributed by atoms with Crippen LogP contribution in [-0.2, 0) is 0 Å². The fraction of sp³-hybridized carbons (Fsp3) is 0.0625. The molecular weight excluding hydrogens is 713 g/mol. The van der Waals surface area contributed by atoms with E-state index in [4.69, 9.17) is 0 Å². The third kappa shape index (κ3) is 6.16. The molecule has 0 saturated heterocycles. The highest BCUT2D eigenvalue weighted by Gasteiger charge is 2.50. The standard InChI is InChI=1S/C24H4BF16.C8H11N/c26-5-1-6(27)18(35)13(17(5)34)25(14-19(36)7(28)2-8(29)20(14)37,15-21(38)9(30)3-10(31)22(15)39)16-23(40)11(32)4-12(33)24(16)41;1-9(2)8-6-4-3-5-7-8/h1-4H;3-7H,1-2H3/q-1;/p+1. The van der Waals surface area contributed by atoms with Crippen molar-refractivity contribution in [1.29, 1.82) is 0 Å². The van der Waals surface area contributed by atoms with E-state index in [1.54, 1.807) is 0 Å². The Morgan fingerprint density at radius 2 is 0.540 bits per heavy atom. The normalized spacial score (nSPS) is 11.6. The van der Waals surface area contributed by atoms with Gasteiger partial charge in [0.1, 0.15) is 58.4 Å². The smallest absolute Gasteiger partial charge is 0.158 e. The van der Waals surface area contributed by atoms with Crippen LogP contribution in [0.15, 0.2) is 54.6 Å². The predicted molar refractivity (Wildman–Crippen MR) is 148 cm³/mol. The molecule has 0 bridgehead atoms. The number of para-hydroxylation sites is 1. The van der Waals surface area contributed by atoms with Crippen molar-refractivity contribution in [3.63, 3.8) is 0 Å². The van der Waals surface area contributed by atoms with Crippen LogP contribution in [0.5, 0.6) is 0 Å². The van der Waals surface area contributed by atoms with Gasteiger partial charge >= 0.3 is 0 Å². The SMILES string of the molecule is C[NH+](C)c1ccccc1.Fc1cc(F)c(F)c([B-](c2c(F)c(F)cc(F)c2F)(c2c(F)c(F)cc(F)c2F)c2c(F)c(F)cc(F)c2F)c1F. The van der Waals surface area contributed by atoms with E-state index in [9.17, 15) is 35.1 Å². The first-order valence-corrected chi connectivity index (χ1v) is 13.6. The van der Waals surface area contributed by atoms with Crippen LogP contribution in [0.4, 0.5) is 75.9 Å². The van der Waals surface area contributed by atoms with Gasteiger partial charge in [0.15, 0.2) is 46.5 Å². The molecule has 50 heavy (non-hydrogen) atoms. The van der Waals surface area contributed by atoms with Crippen LogP contribution in [0, 0.1) is 93.1 Å². The zero-order valence-corrected chi connectivity index (χ0v) is 24.8. The summed E-state index contributed by atoms with van der Waals surface area (Å²) in [5.41, 5.74) is -10.6. The van der Waals surface area contributed by atoms with E-state index in [1.807, 2.05) is 6.07 Å². The molecule has 0 radical (unpaired) electrons. The molecule has 0 atom stereocenters. The molecule has 1 N–H and O–H groups in total. The molecule has 0 aromatic heterocycles. The summed E-state index contributed by atoms with van der Waals surface area (Å²) in [7, 11) is 4.24. The minimum absolute atomic E-state index is 0.689. The Balaban J connectivity index is 0.000000541. The lowest BCUT2D eigenvalue weighted by atomic mass is 9.12. The van der Waals surface area contributed by atoms with Gasteiger partial charge in [0.2, 0.25) is 0 Å². The summed E-state index contributed by atoms with van der Waals surface area (Å²) in [6, 6.07) is 7.64. The highest BCUT2D eigenvalue weighted by atomic mass is 19.2. The van der Waals surface area contributed by atoms with Crippen LogP contribution in [-0.4, -0.2) is 20.2 Å². The molecule has 18 heteroatoms. The van der Waals surface area contributed by atoms with Gasteiger partial charge in [0.05, 0.1) is 14.1 Å². The molecule has 0 aliphatic heterocycles. The third-order valence-electron chi connectivity index (χ3n) is 7.67. The first-order chi connectivity index (χ1) is 23.3. The van der Waals surface area contributed by atoms with Crippen molar-refractivity contribution in [2.45, 2.75) is 0 Å². The van der Waals surface area contributed by atoms with Crippen LogP contribution in [0.3, 0.4) is 0 Å². The van der Waals surface area contributed by atoms with E-state index in [1.165, 1.54) is 10.6 Å². The summed E-state index contributed by atoms with van der Waals surface area (Å²) in [5, 5.41) is 0. The number of hydrogen-bond acceptors (Lipinski definition) is 0. The highest BCUT2D eigenvalue weighted by molar-refractivity contribution is 7.20. The minimum atomic E-state index is -6.49. The first kappa shape index (κ1) is 37.8. The molecule has 0 unspecified atom stereocenters. The van der Waals surface area contributed by atoms with Gasteiger partial charge in [-0.2, -0.15) is 0 Å². The van der Waals surface area contributed by atoms with Crippen molar-refractivity contribution in [2.24, 2.45) is 0 Å². The van der Waals surface area contributed by atoms with Gasteiger partial charge in [0, 0.05) is 24.3 Å². The molecule has 0 spiro atoms. The Labute approximate surface area is 270 Å². The van der Waals surface area contributed by atoms with E-state index in [0.29, 0.717) is 0 Å². The number of hydrogen-bond donors (Lipinski definition) is 1. The van der Waals surface area contributed by atoms with E-state index in [-0.39, 0.29) is 0 Å². The van der Waals surface area contributed by atoms with E-state index in [2.05, 4.69) is 38.4 Å². The zero-order valence-electron chi connectivity index (χ0n) is 24.8. The number of benzene rings is 5. The van der Waals surface area contributed by atoms with Gasteiger partial charge in [-0.3, -0.25) is 0 Å². The minimum Gasteiger partial charge on any atom is -0.307 e. The topological polar surface area (TPSA) is 4.44 Å².